The van der Waals surface area contributed by atoms with E-state index in [-0.39, 0.29) is 15.8 Å². The topological polar surface area (TPSA) is 108 Å². The Bertz CT molecular complexity index is 1120. The molecule has 0 fully saturated rings. The summed E-state index contributed by atoms with van der Waals surface area (Å²) in [4.78, 5) is 16.0. The van der Waals surface area contributed by atoms with Crippen molar-refractivity contribution in [1.82, 2.24) is 15.2 Å². The molecule has 3 N–H and O–H groups in total. The number of nitrogens with zero attached hydrogens (tertiary/aromatic N) is 2. The summed E-state index contributed by atoms with van der Waals surface area (Å²) in [5, 5.41) is 27.3. The van der Waals surface area contributed by atoms with Crippen molar-refractivity contribution in [3.05, 3.63) is 53.9 Å². The summed E-state index contributed by atoms with van der Waals surface area (Å²) >= 11 is 12.2. The van der Waals surface area contributed by atoms with Crippen LogP contribution in [0.3, 0.4) is 0 Å². The minimum Gasteiger partial charge on any atom is -0.506 e. The molecule has 0 aliphatic carbocycles. The van der Waals surface area contributed by atoms with Gasteiger partial charge in [-0.1, -0.05) is 27.5 Å². The number of nitrogens with one attached hydrogen (secondary N) is 1. The molecule has 3 rings (SSSR count). The van der Waals surface area contributed by atoms with Gasteiger partial charge in [0.2, 0.25) is 5.16 Å². The number of benzene rings is 2. The van der Waals surface area contributed by atoms with Crippen LogP contribution in [-0.4, -0.2) is 38.5 Å². The predicted octanol–water partition coefficient (Wildman–Crippen LogP) is 5.42. The van der Waals surface area contributed by atoms with Crippen LogP contribution in [-0.2, 0) is 4.79 Å². The number of aromatic nitrogens is 3. The van der Waals surface area contributed by atoms with E-state index in [2.05, 4.69) is 31.1 Å². The Morgan fingerprint density at radius 1 is 1.38 bits per heavy atom. The first-order valence-electron chi connectivity index (χ1n) is 7.85. The van der Waals surface area contributed by atoms with Crippen LogP contribution >= 0.6 is 61.9 Å². The molecule has 0 bridgehead atoms. The van der Waals surface area contributed by atoms with Crippen LogP contribution in [0, 0.1) is 3.57 Å². The number of aromatic amines is 1. The lowest BCUT2D eigenvalue weighted by Gasteiger charge is -2.06. The summed E-state index contributed by atoms with van der Waals surface area (Å²) in [6, 6.07) is 8.41. The monoisotopic (exact) mass is 607 g/mol. The Morgan fingerprint density at radius 3 is 2.83 bits per heavy atom. The summed E-state index contributed by atoms with van der Waals surface area (Å²) in [6.45, 7) is 0. The molecule has 0 atom stereocenters. The maximum atomic E-state index is 11.7. The minimum absolute atomic E-state index is 0.00695. The van der Waals surface area contributed by atoms with Crippen molar-refractivity contribution < 1.29 is 19.7 Å². The highest BCUT2D eigenvalue weighted by atomic mass is 127. The molecule has 2 aromatic carbocycles. The number of carboxylic acids is 1. The molecule has 7 nitrogen and oxygen atoms in total. The third-order valence-corrected chi connectivity index (χ3v) is 6.03. The van der Waals surface area contributed by atoms with Crippen LogP contribution in [0.5, 0.6) is 11.5 Å². The first kappa shape index (κ1) is 21.9. The van der Waals surface area contributed by atoms with Crippen LogP contribution in [0.2, 0.25) is 5.02 Å². The first-order valence-corrected chi connectivity index (χ1v) is 10.9. The number of hydrogen-bond acceptors (Lipinski definition) is 6. The summed E-state index contributed by atoms with van der Waals surface area (Å²) in [5.41, 5.74) is 0.959. The molecule has 0 saturated heterocycles. The fraction of sp³-hybridized carbons (Fsp3) is 0.0556. The van der Waals surface area contributed by atoms with Crippen molar-refractivity contribution in [2.45, 2.75) is 5.16 Å². The standard InChI is InChI=1S/C18H12BrClIN3O4S/c1-28-13-3-2-10(20)7-11(13)16-22-18(24-23-16)29-14(17(26)27)5-8-4-9(19)6-12(21)15(8)25/h2-7,25H,1H3,(H,26,27)(H,22,23,24)/b14-5-. The van der Waals surface area contributed by atoms with E-state index < -0.39 is 5.97 Å². The number of halogens is 3. The molecule has 0 radical (unpaired) electrons. The van der Waals surface area contributed by atoms with E-state index in [9.17, 15) is 15.0 Å². The van der Waals surface area contributed by atoms with Gasteiger partial charge in [-0.15, -0.1) is 5.10 Å². The van der Waals surface area contributed by atoms with Crippen molar-refractivity contribution >= 4 is 73.9 Å². The number of aromatic hydroxyl groups is 1. The van der Waals surface area contributed by atoms with Gasteiger partial charge < -0.3 is 14.9 Å². The van der Waals surface area contributed by atoms with Crippen LogP contribution in [0.4, 0.5) is 0 Å². The Labute approximate surface area is 196 Å². The summed E-state index contributed by atoms with van der Waals surface area (Å²) in [7, 11) is 1.52. The molecule has 0 spiro atoms. The highest BCUT2D eigenvalue weighted by Crippen LogP contribution is 2.35. The Morgan fingerprint density at radius 2 is 2.14 bits per heavy atom. The van der Waals surface area contributed by atoms with Crippen LogP contribution in [0.25, 0.3) is 17.5 Å². The maximum Gasteiger partial charge on any atom is 0.342 e. The average Bonchev–Trinajstić information content (AvgIpc) is 3.13. The molecule has 29 heavy (non-hydrogen) atoms. The fourth-order valence-electron chi connectivity index (χ4n) is 2.35. The number of phenolic OH excluding ortho intramolecular Hbond substituents is 1. The smallest absolute Gasteiger partial charge is 0.342 e. The summed E-state index contributed by atoms with van der Waals surface area (Å²) in [6.07, 6.45) is 1.37. The van der Waals surface area contributed by atoms with Crippen molar-refractivity contribution in [2.75, 3.05) is 7.11 Å². The molecule has 0 unspecified atom stereocenters. The van der Waals surface area contributed by atoms with Gasteiger partial charge in [0.1, 0.15) is 16.4 Å². The lowest BCUT2D eigenvalue weighted by atomic mass is 10.2. The highest BCUT2D eigenvalue weighted by molar-refractivity contribution is 14.1. The third-order valence-electron chi connectivity index (χ3n) is 3.64. The quantitative estimate of drug-likeness (QED) is 0.195. The number of methoxy groups -OCH3 is 1. The second-order valence-corrected chi connectivity index (χ2v) is 9.08. The lowest BCUT2D eigenvalue weighted by molar-refractivity contribution is -0.131. The molecule has 0 saturated carbocycles. The van der Waals surface area contributed by atoms with Gasteiger partial charge >= 0.3 is 5.97 Å². The number of H-pyrrole nitrogens is 1. The third kappa shape index (κ3) is 5.24. The van der Waals surface area contributed by atoms with E-state index in [1.54, 1.807) is 30.3 Å². The molecular weight excluding hydrogens is 597 g/mol. The van der Waals surface area contributed by atoms with Gasteiger partial charge in [-0.25, -0.2) is 9.78 Å². The van der Waals surface area contributed by atoms with Crippen molar-refractivity contribution in [2.24, 2.45) is 0 Å². The van der Waals surface area contributed by atoms with Gasteiger partial charge in [-0.2, -0.15) is 0 Å². The molecule has 3 aromatic rings. The van der Waals surface area contributed by atoms with Crippen molar-refractivity contribution in [3.63, 3.8) is 0 Å². The van der Waals surface area contributed by atoms with E-state index in [4.69, 9.17) is 16.3 Å². The second-order valence-electron chi connectivity index (χ2n) is 5.55. The van der Waals surface area contributed by atoms with Crippen LogP contribution in [0.15, 0.2) is 44.9 Å². The number of carboxylic acid groups (broad SMARTS) is 1. The molecule has 150 valence electrons. The number of phenols is 1. The largest absolute Gasteiger partial charge is 0.506 e. The van der Waals surface area contributed by atoms with E-state index in [0.29, 0.717) is 35.8 Å². The average molecular weight is 609 g/mol. The summed E-state index contributed by atoms with van der Waals surface area (Å²) in [5.74, 6) is -0.246. The number of thioether (sulfide) groups is 1. The van der Waals surface area contributed by atoms with Gasteiger partial charge in [-0.3, -0.25) is 5.10 Å². The molecule has 0 amide bonds. The number of rotatable bonds is 6. The number of hydrogen-bond donors (Lipinski definition) is 3. The molecule has 0 aliphatic heterocycles. The van der Waals surface area contributed by atoms with Gasteiger partial charge in [0.05, 0.1) is 16.2 Å². The van der Waals surface area contributed by atoms with E-state index >= 15 is 0 Å². The SMILES string of the molecule is COc1ccc(Cl)cc1-c1nc(S/C(=C\c2cc(Br)cc(I)c2O)C(=O)O)n[nH]1. The Hall–Kier alpha value is -1.76. The fourth-order valence-corrected chi connectivity index (χ4v) is 4.77. The molecule has 1 heterocycles. The zero-order chi connectivity index (χ0) is 21.1. The van der Waals surface area contributed by atoms with Gasteiger partial charge in [0.15, 0.2) is 5.82 Å². The maximum absolute atomic E-state index is 11.7. The van der Waals surface area contributed by atoms with E-state index in [1.807, 2.05) is 22.6 Å². The summed E-state index contributed by atoms with van der Waals surface area (Å²) < 4.78 is 6.61. The van der Waals surface area contributed by atoms with E-state index in [0.717, 1.165) is 11.8 Å². The molecule has 0 aliphatic rings. The van der Waals surface area contributed by atoms with Crippen LogP contribution < -0.4 is 4.74 Å². The number of ether oxygens (including phenoxy) is 1. The normalized spacial score (nSPS) is 11.5. The number of carbonyl (C=O) groups is 1. The Balaban J connectivity index is 1.95. The molecule has 1 aromatic heterocycles. The lowest BCUT2D eigenvalue weighted by Crippen LogP contribution is -1.97. The molecule has 11 heteroatoms. The second kappa shape index (κ2) is 9.37. The zero-order valence-electron chi connectivity index (χ0n) is 14.6. The van der Waals surface area contributed by atoms with Crippen LogP contribution in [0.1, 0.15) is 5.56 Å². The van der Waals surface area contributed by atoms with E-state index in [1.165, 1.54) is 13.2 Å². The highest BCUT2D eigenvalue weighted by Gasteiger charge is 2.17. The van der Waals surface area contributed by atoms with Gasteiger partial charge in [0, 0.05) is 15.1 Å². The minimum atomic E-state index is -1.17. The van der Waals surface area contributed by atoms with Gasteiger partial charge in [0.25, 0.3) is 0 Å². The predicted molar refractivity (Wildman–Crippen MR) is 123 cm³/mol. The number of aliphatic carboxylic acids is 1. The zero-order valence-corrected chi connectivity index (χ0v) is 19.9. The van der Waals surface area contributed by atoms with Crippen molar-refractivity contribution in [3.8, 4) is 22.9 Å². The van der Waals surface area contributed by atoms with Gasteiger partial charge in [-0.05, 0) is 70.8 Å². The molecular formula is C18H12BrClIN3O4S. The Kier molecular flexibility index (Phi) is 7.09. The van der Waals surface area contributed by atoms with Crippen molar-refractivity contribution in [1.29, 1.82) is 0 Å². The first-order chi connectivity index (χ1) is 13.8.